The molecule has 2 rings (SSSR count). The minimum Gasteiger partial charge on any atom is -0.379 e. The van der Waals surface area contributed by atoms with Crippen LogP contribution in [0.1, 0.15) is 21.6 Å². The Balaban J connectivity index is 2.15. The van der Waals surface area contributed by atoms with E-state index in [4.69, 9.17) is 5.73 Å². The van der Waals surface area contributed by atoms with Crippen molar-refractivity contribution in [2.45, 2.75) is 13.5 Å². The molecule has 1 heterocycles. The fraction of sp³-hybridized carbons (Fsp3) is 0.154. The van der Waals surface area contributed by atoms with Gasteiger partial charge in [-0.15, -0.1) is 0 Å². The zero-order valence-corrected chi connectivity index (χ0v) is 10.1. The molecule has 1 aromatic heterocycles. The molecule has 92 valence electrons. The number of hydrogen-bond acceptors (Lipinski definition) is 4. The van der Waals surface area contributed by atoms with Gasteiger partial charge in [0.25, 0.3) is 0 Å². The van der Waals surface area contributed by atoms with Gasteiger partial charge in [0.2, 0.25) is 5.91 Å². The summed E-state index contributed by atoms with van der Waals surface area (Å²) in [5.74, 6) is -0.418. The molecule has 0 unspecified atom stereocenters. The standard InChI is InChI=1S/C13H14N4O/c1-9-11(13(14)18)3-2-4-12(9)16-7-10-5-6-15-8-17-10/h2-6,8,16H,7H2,1H3,(H2,14,18). The molecule has 0 atom stereocenters. The van der Waals surface area contributed by atoms with Crippen molar-refractivity contribution in [3.8, 4) is 0 Å². The molecule has 1 amide bonds. The molecule has 1 aromatic carbocycles. The molecule has 3 N–H and O–H groups in total. The second-order valence-electron chi connectivity index (χ2n) is 3.90. The molecule has 0 aliphatic carbocycles. The lowest BCUT2D eigenvalue weighted by molar-refractivity contribution is 0.1000. The average molecular weight is 242 g/mol. The predicted molar refractivity (Wildman–Crippen MR) is 69.1 cm³/mol. The van der Waals surface area contributed by atoms with Crippen LogP contribution in [0.4, 0.5) is 5.69 Å². The molecule has 5 nitrogen and oxygen atoms in total. The molecule has 2 aromatic rings. The Morgan fingerprint density at radius 1 is 1.39 bits per heavy atom. The van der Waals surface area contributed by atoms with Gasteiger partial charge in [0.15, 0.2) is 0 Å². The lowest BCUT2D eigenvalue weighted by atomic mass is 10.1. The maximum Gasteiger partial charge on any atom is 0.249 e. The van der Waals surface area contributed by atoms with E-state index < -0.39 is 5.91 Å². The molecule has 0 spiro atoms. The predicted octanol–water partition coefficient (Wildman–Crippen LogP) is 1.50. The van der Waals surface area contributed by atoms with Crippen molar-refractivity contribution in [3.63, 3.8) is 0 Å². The van der Waals surface area contributed by atoms with Gasteiger partial charge in [0, 0.05) is 17.4 Å². The van der Waals surface area contributed by atoms with Crippen LogP contribution in [-0.2, 0) is 6.54 Å². The second-order valence-corrected chi connectivity index (χ2v) is 3.90. The molecular weight excluding hydrogens is 228 g/mol. The monoisotopic (exact) mass is 242 g/mol. The summed E-state index contributed by atoms with van der Waals surface area (Å²) < 4.78 is 0. The number of aromatic nitrogens is 2. The van der Waals surface area contributed by atoms with Crippen molar-refractivity contribution in [1.29, 1.82) is 0 Å². The van der Waals surface area contributed by atoms with Crippen LogP contribution in [0.3, 0.4) is 0 Å². The first-order valence-corrected chi connectivity index (χ1v) is 5.56. The minimum absolute atomic E-state index is 0.418. The summed E-state index contributed by atoms with van der Waals surface area (Å²) in [5.41, 5.74) is 8.44. The van der Waals surface area contributed by atoms with Gasteiger partial charge in [-0.3, -0.25) is 4.79 Å². The summed E-state index contributed by atoms with van der Waals surface area (Å²) in [6, 6.07) is 7.26. The van der Waals surface area contributed by atoms with Gasteiger partial charge in [0.1, 0.15) is 6.33 Å². The van der Waals surface area contributed by atoms with Crippen LogP contribution in [0.2, 0.25) is 0 Å². The number of amides is 1. The van der Waals surface area contributed by atoms with E-state index in [0.717, 1.165) is 16.9 Å². The quantitative estimate of drug-likeness (QED) is 0.851. The third kappa shape index (κ3) is 2.63. The molecule has 0 saturated carbocycles. The number of carbonyl (C=O) groups excluding carboxylic acids is 1. The highest BCUT2D eigenvalue weighted by molar-refractivity contribution is 5.95. The molecule has 0 aliphatic rings. The Morgan fingerprint density at radius 3 is 2.89 bits per heavy atom. The van der Waals surface area contributed by atoms with Crippen LogP contribution in [0, 0.1) is 6.92 Å². The smallest absolute Gasteiger partial charge is 0.249 e. The number of nitrogens with two attached hydrogens (primary N) is 1. The zero-order chi connectivity index (χ0) is 13.0. The normalized spacial score (nSPS) is 10.1. The molecule has 18 heavy (non-hydrogen) atoms. The lowest BCUT2D eigenvalue weighted by Gasteiger charge is -2.11. The first-order chi connectivity index (χ1) is 8.68. The van der Waals surface area contributed by atoms with Crippen molar-refractivity contribution in [3.05, 3.63) is 53.6 Å². The van der Waals surface area contributed by atoms with Crippen LogP contribution in [0.25, 0.3) is 0 Å². The number of anilines is 1. The van der Waals surface area contributed by atoms with Crippen LogP contribution < -0.4 is 11.1 Å². The first-order valence-electron chi connectivity index (χ1n) is 5.56. The Bertz CT molecular complexity index is 554. The Kier molecular flexibility index (Phi) is 3.52. The van der Waals surface area contributed by atoms with E-state index in [1.165, 1.54) is 6.33 Å². The lowest BCUT2D eigenvalue weighted by Crippen LogP contribution is -2.14. The number of rotatable bonds is 4. The SMILES string of the molecule is Cc1c(NCc2ccncn2)cccc1C(N)=O. The van der Waals surface area contributed by atoms with Gasteiger partial charge in [-0.1, -0.05) is 6.07 Å². The van der Waals surface area contributed by atoms with E-state index in [1.54, 1.807) is 18.3 Å². The van der Waals surface area contributed by atoms with Crippen LogP contribution >= 0.6 is 0 Å². The largest absolute Gasteiger partial charge is 0.379 e. The van der Waals surface area contributed by atoms with Crippen molar-refractivity contribution < 1.29 is 4.79 Å². The minimum atomic E-state index is -0.418. The highest BCUT2D eigenvalue weighted by Gasteiger charge is 2.07. The maximum atomic E-state index is 11.2. The van der Waals surface area contributed by atoms with E-state index in [1.807, 2.05) is 19.1 Å². The fourth-order valence-corrected chi connectivity index (χ4v) is 1.70. The van der Waals surface area contributed by atoms with Gasteiger partial charge >= 0.3 is 0 Å². The Morgan fingerprint density at radius 2 is 2.22 bits per heavy atom. The third-order valence-corrected chi connectivity index (χ3v) is 2.70. The number of primary amides is 1. The second kappa shape index (κ2) is 5.27. The van der Waals surface area contributed by atoms with Crippen molar-refractivity contribution >= 4 is 11.6 Å². The zero-order valence-electron chi connectivity index (χ0n) is 10.1. The number of hydrogen-bond donors (Lipinski definition) is 2. The summed E-state index contributed by atoms with van der Waals surface area (Å²) in [7, 11) is 0. The number of carbonyl (C=O) groups is 1. The number of benzene rings is 1. The highest BCUT2D eigenvalue weighted by Crippen LogP contribution is 2.18. The van der Waals surface area contributed by atoms with Crippen molar-refractivity contribution in [2.75, 3.05) is 5.32 Å². The van der Waals surface area contributed by atoms with Gasteiger partial charge in [-0.05, 0) is 30.7 Å². The van der Waals surface area contributed by atoms with Crippen molar-refractivity contribution in [1.82, 2.24) is 9.97 Å². The van der Waals surface area contributed by atoms with E-state index in [9.17, 15) is 4.79 Å². The molecule has 0 saturated heterocycles. The van der Waals surface area contributed by atoms with Crippen LogP contribution in [0.15, 0.2) is 36.8 Å². The van der Waals surface area contributed by atoms with Gasteiger partial charge < -0.3 is 11.1 Å². The van der Waals surface area contributed by atoms with Gasteiger partial charge in [0.05, 0.1) is 12.2 Å². The number of nitrogens with zero attached hydrogens (tertiary/aromatic N) is 2. The molecular formula is C13H14N4O. The average Bonchev–Trinajstić information content (AvgIpc) is 2.38. The Labute approximate surface area is 105 Å². The van der Waals surface area contributed by atoms with E-state index in [2.05, 4.69) is 15.3 Å². The summed E-state index contributed by atoms with van der Waals surface area (Å²) >= 11 is 0. The van der Waals surface area contributed by atoms with E-state index in [0.29, 0.717) is 12.1 Å². The highest BCUT2D eigenvalue weighted by atomic mass is 16.1. The van der Waals surface area contributed by atoms with Crippen LogP contribution in [0.5, 0.6) is 0 Å². The topological polar surface area (TPSA) is 80.9 Å². The van der Waals surface area contributed by atoms with Crippen molar-refractivity contribution in [2.24, 2.45) is 5.73 Å². The third-order valence-electron chi connectivity index (χ3n) is 2.70. The number of nitrogens with one attached hydrogen (secondary N) is 1. The van der Waals surface area contributed by atoms with Gasteiger partial charge in [-0.25, -0.2) is 9.97 Å². The molecule has 0 bridgehead atoms. The Hall–Kier alpha value is -2.43. The fourth-order valence-electron chi connectivity index (χ4n) is 1.70. The molecule has 0 fully saturated rings. The summed E-state index contributed by atoms with van der Waals surface area (Å²) in [5, 5.41) is 3.23. The van der Waals surface area contributed by atoms with Crippen LogP contribution in [-0.4, -0.2) is 15.9 Å². The molecule has 0 aliphatic heterocycles. The van der Waals surface area contributed by atoms with Gasteiger partial charge in [-0.2, -0.15) is 0 Å². The summed E-state index contributed by atoms with van der Waals surface area (Å²) in [4.78, 5) is 19.2. The summed E-state index contributed by atoms with van der Waals surface area (Å²) in [6.07, 6.45) is 3.19. The molecule has 5 heteroatoms. The molecule has 0 radical (unpaired) electrons. The van der Waals surface area contributed by atoms with E-state index in [-0.39, 0.29) is 0 Å². The first kappa shape index (κ1) is 12.0. The van der Waals surface area contributed by atoms with E-state index >= 15 is 0 Å². The summed E-state index contributed by atoms with van der Waals surface area (Å²) in [6.45, 7) is 2.44. The maximum absolute atomic E-state index is 11.2.